The molecule has 1 saturated heterocycles. The quantitative estimate of drug-likeness (QED) is 0.716. The van der Waals surface area contributed by atoms with Gasteiger partial charge in [0, 0.05) is 19.4 Å². The second-order valence-corrected chi connectivity index (χ2v) is 10.2. The summed E-state index contributed by atoms with van der Waals surface area (Å²) >= 11 is 0. The van der Waals surface area contributed by atoms with Gasteiger partial charge in [-0.25, -0.2) is 8.42 Å². The Bertz CT molecular complexity index is 815. The molecule has 7 heteroatoms. The third-order valence-corrected chi connectivity index (χ3v) is 6.38. The number of hydrogen-bond donors (Lipinski definition) is 0. The van der Waals surface area contributed by atoms with E-state index in [0.29, 0.717) is 36.2 Å². The minimum atomic E-state index is -3.30. The second kappa shape index (κ2) is 8.68. The van der Waals surface area contributed by atoms with Gasteiger partial charge in [0.05, 0.1) is 22.8 Å². The number of allylic oxidation sites excluding steroid dienone is 1. The van der Waals surface area contributed by atoms with Crippen LogP contribution in [0.1, 0.15) is 33.6 Å². The molecule has 2 aliphatic rings. The van der Waals surface area contributed by atoms with E-state index in [2.05, 4.69) is 0 Å². The van der Waals surface area contributed by atoms with Crippen molar-refractivity contribution in [3.05, 3.63) is 48.4 Å². The molecule has 0 amide bonds. The molecular weight excluding hydrogens is 378 g/mol. The van der Waals surface area contributed by atoms with Gasteiger partial charge in [-0.05, 0) is 75.9 Å². The summed E-state index contributed by atoms with van der Waals surface area (Å²) in [5, 5.41) is 1.75. The summed E-state index contributed by atoms with van der Waals surface area (Å²) in [6.45, 7) is 7.86. The van der Waals surface area contributed by atoms with Gasteiger partial charge in [-0.15, -0.1) is 0 Å². The summed E-state index contributed by atoms with van der Waals surface area (Å²) < 4.78 is 36.4. The Balaban J connectivity index is 1.57. The third-order valence-electron chi connectivity index (χ3n) is 4.48. The molecule has 2 aliphatic heterocycles. The Labute approximate surface area is 167 Å². The number of ether oxygens (including phenoxy) is 2. The average Bonchev–Trinajstić information content (AvgIpc) is 2.63. The highest BCUT2D eigenvalue weighted by molar-refractivity contribution is 7.91. The van der Waals surface area contributed by atoms with Crippen LogP contribution in [-0.2, 0) is 19.4 Å². The molecule has 0 spiro atoms. The zero-order chi connectivity index (χ0) is 20.2. The Morgan fingerprint density at radius 2 is 1.82 bits per heavy atom. The minimum Gasteiger partial charge on any atom is -0.458 e. The summed E-state index contributed by atoms with van der Waals surface area (Å²) in [7, 11) is -3.30. The molecule has 0 unspecified atom stereocenters. The molecule has 1 aromatic carbocycles. The summed E-state index contributed by atoms with van der Waals surface area (Å²) in [5.74, 6) is 1.65. The summed E-state index contributed by atoms with van der Waals surface area (Å²) in [6, 6.07) is 6.63. The number of benzene rings is 1. The number of rotatable bonds is 6. The lowest BCUT2D eigenvalue weighted by atomic mass is 10.0. The first-order chi connectivity index (χ1) is 13.2. The van der Waals surface area contributed by atoms with Crippen molar-refractivity contribution in [3.8, 4) is 5.75 Å². The lowest BCUT2D eigenvalue weighted by Gasteiger charge is -2.29. The molecular formula is C21H29NO5S. The highest BCUT2D eigenvalue weighted by Gasteiger charge is 2.23. The SMILES string of the molecule is CC(C)(C)ON1C=CC(Oc2ccc(S(=O)(=O)CC3CCOCC3)cc2)=CC1. The zero-order valence-electron chi connectivity index (χ0n) is 16.8. The monoisotopic (exact) mass is 407 g/mol. The maximum absolute atomic E-state index is 12.6. The van der Waals surface area contributed by atoms with E-state index in [0.717, 1.165) is 12.8 Å². The standard InChI is InChI=1S/C21H29NO5S/c1-21(2,3)27-22-12-8-19(9-13-22)26-18-4-6-20(7-5-18)28(23,24)16-17-10-14-25-15-11-17/h4-9,12,17H,10-11,13-16H2,1-3H3. The van der Waals surface area contributed by atoms with Gasteiger partial charge in [0.25, 0.3) is 0 Å². The van der Waals surface area contributed by atoms with Gasteiger partial charge >= 0.3 is 0 Å². The van der Waals surface area contributed by atoms with Gasteiger partial charge in [-0.1, -0.05) is 0 Å². The number of nitrogens with zero attached hydrogens (tertiary/aromatic N) is 1. The number of sulfone groups is 1. The van der Waals surface area contributed by atoms with Crippen molar-refractivity contribution >= 4 is 9.84 Å². The topological polar surface area (TPSA) is 65.1 Å². The second-order valence-electron chi connectivity index (χ2n) is 8.14. The predicted molar refractivity (Wildman–Crippen MR) is 107 cm³/mol. The summed E-state index contributed by atoms with van der Waals surface area (Å²) in [4.78, 5) is 6.10. The van der Waals surface area contributed by atoms with Crippen LogP contribution >= 0.6 is 0 Å². The van der Waals surface area contributed by atoms with Gasteiger partial charge in [0.15, 0.2) is 9.84 Å². The highest BCUT2D eigenvalue weighted by atomic mass is 32.2. The van der Waals surface area contributed by atoms with Crippen LogP contribution in [0.2, 0.25) is 0 Å². The molecule has 0 N–H and O–H groups in total. The molecule has 0 aromatic heterocycles. The Morgan fingerprint density at radius 1 is 1.14 bits per heavy atom. The van der Waals surface area contributed by atoms with Crippen LogP contribution < -0.4 is 4.74 Å². The molecule has 154 valence electrons. The van der Waals surface area contributed by atoms with Crippen LogP contribution in [0.5, 0.6) is 5.75 Å². The number of hydroxylamine groups is 2. The first-order valence-electron chi connectivity index (χ1n) is 9.64. The van der Waals surface area contributed by atoms with Crippen molar-refractivity contribution < 1.29 is 22.7 Å². The fourth-order valence-electron chi connectivity index (χ4n) is 3.13. The van der Waals surface area contributed by atoms with Gasteiger partial charge in [0.1, 0.15) is 11.5 Å². The Morgan fingerprint density at radius 3 is 2.39 bits per heavy atom. The normalized spacial score (nSPS) is 18.8. The van der Waals surface area contributed by atoms with Crippen molar-refractivity contribution in [2.75, 3.05) is 25.5 Å². The highest BCUT2D eigenvalue weighted by Crippen LogP contribution is 2.24. The van der Waals surface area contributed by atoms with Gasteiger partial charge in [-0.3, -0.25) is 9.90 Å². The molecule has 0 bridgehead atoms. The van der Waals surface area contributed by atoms with Crippen LogP contribution in [0.3, 0.4) is 0 Å². The molecule has 1 fully saturated rings. The van der Waals surface area contributed by atoms with Gasteiger partial charge < -0.3 is 9.47 Å². The van der Waals surface area contributed by atoms with Crippen molar-refractivity contribution in [1.29, 1.82) is 0 Å². The van der Waals surface area contributed by atoms with Crippen LogP contribution in [0.15, 0.2) is 53.3 Å². The van der Waals surface area contributed by atoms with E-state index in [-0.39, 0.29) is 17.3 Å². The fourth-order valence-corrected chi connectivity index (χ4v) is 4.83. The van der Waals surface area contributed by atoms with Crippen LogP contribution in [0, 0.1) is 5.92 Å². The van der Waals surface area contributed by atoms with E-state index in [9.17, 15) is 8.42 Å². The maximum atomic E-state index is 12.6. The van der Waals surface area contributed by atoms with Gasteiger partial charge in [-0.2, -0.15) is 0 Å². The molecule has 6 nitrogen and oxygen atoms in total. The molecule has 28 heavy (non-hydrogen) atoms. The maximum Gasteiger partial charge on any atom is 0.178 e. The Hall–Kier alpha value is -1.83. The summed E-state index contributed by atoms with van der Waals surface area (Å²) in [5.41, 5.74) is -0.261. The fraction of sp³-hybridized carbons (Fsp3) is 0.524. The van der Waals surface area contributed by atoms with E-state index >= 15 is 0 Å². The largest absolute Gasteiger partial charge is 0.458 e. The van der Waals surface area contributed by atoms with Crippen molar-refractivity contribution in [2.24, 2.45) is 5.92 Å². The van der Waals surface area contributed by atoms with Crippen molar-refractivity contribution in [3.63, 3.8) is 0 Å². The third kappa shape index (κ3) is 6.09. The van der Waals surface area contributed by atoms with Crippen molar-refractivity contribution in [1.82, 2.24) is 5.06 Å². The van der Waals surface area contributed by atoms with E-state index < -0.39 is 9.84 Å². The van der Waals surface area contributed by atoms with Crippen LogP contribution in [-0.4, -0.2) is 44.6 Å². The predicted octanol–water partition coefficient (Wildman–Crippen LogP) is 3.71. The molecule has 0 radical (unpaired) electrons. The smallest absolute Gasteiger partial charge is 0.178 e. The van der Waals surface area contributed by atoms with Crippen LogP contribution in [0.25, 0.3) is 0 Å². The first-order valence-corrected chi connectivity index (χ1v) is 11.3. The average molecular weight is 408 g/mol. The van der Waals surface area contributed by atoms with E-state index in [4.69, 9.17) is 14.3 Å². The van der Waals surface area contributed by atoms with Gasteiger partial charge in [0.2, 0.25) is 0 Å². The number of hydrogen-bond acceptors (Lipinski definition) is 6. The molecule has 0 aliphatic carbocycles. The molecule has 0 saturated carbocycles. The molecule has 1 aromatic rings. The lowest BCUT2D eigenvalue weighted by molar-refractivity contribution is -0.193. The molecule has 2 heterocycles. The van der Waals surface area contributed by atoms with E-state index in [1.807, 2.05) is 39.1 Å². The van der Waals surface area contributed by atoms with Crippen LogP contribution in [0.4, 0.5) is 0 Å². The first kappa shape index (κ1) is 20.9. The lowest BCUT2D eigenvalue weighted by Crippen LogP contribution is -2.31. The minimum absolute atomic E-state index is 0.172. The summed E-state index contributed by atoms with van der Waals surface area (Å²) in [6.07, 6.45) is 7.17. The molecule has 3 rings (SSSR count). The molecule has 0 atom stereocenters. The van der Waals surface area contributed by atoms with E-state index in [1.165, 1.54) is 0 Å². The van der Waals surface area contributed by atoms with E-state index in [1.54, 1.807) is 29.3 Å². The van der Waals surface area contributed by atoms with Crippen molar-refractivity contribution in [2.45, 2.75) is 44.1 Å². The Kier molecular flexibility index (Phi) is 6.47. The zero-order valence-corrected chi connectivity index (χ0v) is 17.6.